The summed E-state index contributed by atoms with van der Waals surface area (Å²) >= 11 is 3.72. The molecular formula is C11H10IN3OS. The van der Waals surface area contributed by atoms with Gasteiger partial charge in [0.2, 0.25) is 5.95 Å². The van der Waals surface area contributed by atoms with Crippen LogP contribution in [0.5, 0.6) is 0 Å². The molecule has 4 nitrogen and oxygen atoms in total. The molecule has 0 atom stereocenters. The lowest BCUT2D eigenvalue weighted by Crippen LogP contribution is -2.14. The summed E-state index contributed by atoms with van der Waals surface area (Å²) < 4.78 is 1.08. The molecule has 1 amide bonds. The molecule has 0 bridgehead atoms. The second kappa shape index (κ2) is 5.09. The molecule has 0 aromatic carbocycles. The summed E-state index contributed by atoms with van der Waals surface area (Å²) in [4.78, 5) is 20.2. The van der Waals surface area contributed by atoms with Gasteiger partial charge in [0.25, 0.3) is 5.91 Å². The normalized spacial score (nSPS) is 10.3. The van der Waals surface area contributed by atoms with Crippen molar-refractivity contribution in [1.29, 1.82) is 0 Å². The molecule has 2 heterocycles. The molecule has 0 spiro atoms. The second-order valence-corrected chi connectivity index (χ2v) is 6.37. The molecule has 0 aliphatic heterocycles. The van der Waals surface area contributed by atoms with Crippen LogP contribution in [-0.2, 0) is 0 Å². The third-order valence-corrected chi connectivity index (χ3v) is 3.83. The van der Waals surface area contributed by atoms with Crippen molar-refractivity contribution in [3.05, 3.63) is 37.3 Å². The Labute approximate surface area is 117 Å². The van der Waals surface area contributed by atoms with Gasteiger partial charge in [0.1, 0.15) is 0 Å². The van der Waals surface area contributed by atoms with E-state index in [1.54, 1.807) is 0 Å². The van der Waals surface area contributed by atoms with Crippen LogP contribution >= 0.6 is 33.9 Å². The van der Waals surface area contributed by atoms with Crippen molar-refractivity contribution >= 4 is 45.8 Å². The first-order valence-electron chi connectivity index (χ1n) is 4.92. The number of carbonyl (C=O) groups excluding carboxylic acids is 1. The number of aromatic nitrogens is 2. The standard InChI is InChI=1S/C11H10IN3OS/c1-6-3-7(2)14-11(13-6)15-10(16)8-4-9(12)17-5-8/h3-5H,1-2H3,(H,13,14,15,16). The molecule has 0 unspecified atom stereocenters. The fourth-order valence-electron chi connectivity index (χ4n) is 1.38. The maximum Gasteiger partial charge on any atom is 0.258 e. The van der Waals surface area contributed by atoms with Gasteiger partial charge in [-0.05, 0) is 48.6 Å². The van der Waals surface area contributed by atoms with E-state index in [0.717, 1.165) is 14.3 Å². The van der Waals surface area contributed by atoms with E-state index in [9.17, 15) is 4.79 Å². The quantitative estimate of drug-likeness (QED) is 0.839. The molecular weight excluding hydrogens is 349 g/mol. The SMILES string of the molecule is Cc1cc(C)nc(NC(=O)c2csc(I)c2)n1. The number of aryl methyl sites for hydroxylation is 2. The summed E-state index contributed by atoms with van der Waals surface area (Å²) in [6.07, 6.45) is 0. The third kappa shape index (κ3) is 3.22. The highest BCUT2D eigenvalue weighted by Crippen LogP contribution is 2.17. The minimum absolute atomic E-state index is 0.172. The van der Waals surface area contributed by atoms with E-state index in [1.165, 1.54) is 11.3 Å². The number of nitrogens with zero attached hydrogens (tertiary/aromatic N) is 2. The van der Waals surface area contributed by atoms with Crippen LogP contribution in [0.1, 0.15) is 21.7 Å². The third-order valence-electron chi connectivity index (χ3n) is 2.04. The van der Waals surface area contributed by atoms with Crippen LogP contribution in [0.4, 0.5) is 5.95 Å². The fourth-order valence-corrected chi connectivity index (χ4v) is 2.71. The number of thiophene rings is 1. The number of hydrogen-bond acceptors (Lipinski definition) is 4. The number of rotatable bonds is 2. The van der Waals surface area contributed by atoms with Crippen LogP contribution in [0.2, 0.25) is 0 Å². The monoisotopic (exact) mass is 359 g/mol. The predicted molar refractivity (Wildman–Crippen MR) is 76.5 cm³/mol. The summed E-state index contributed by atoms with van der Waals surface area (Å²) in [5.41, 5.74) is 2.32. The summed E-state index contributed by atoms with van der Waals surface area (Å²) in [7, 11) is 0. The lowest BCUT2D eigenvalue weighted by Gasteiger charge is -2.04. The molecule has 2 rings (SSSR count). The molecule has 0 radical (unpaired) electrons. The first kappa shape index (κ1) is 12.4. The van der Waals surface area contributed by atoms with E-state index in [0.29, 0.717) is 11.5 Å². The summed E-state index contributed by atoms with van der Waals surface area (Å²) in [6, 6.07) is 3.70. The van der Waals surface area contributed by atoms with Gasteiger partial charge in [0.05, 0.1) is 8.45 Å². The van der Waals surface area contributed by atoms with Crippen LogP contribution in [0.25, 0.3) is 0 Å². The molecule has 0 saturated carbocycles. The van der Waals surface area contributed by atoms with E-state index in [1.807, 2.05) is 31.4 Å². The van der Waals surface area contributed by atoms with Crippen molar-refractivity contribution in [3.8, 4) is 0 Å². The van der Waals surface area contributed by atoms with Crippen molar-refractivity contribution in [2.75, 3.05) is 5.32 Å². The van der Waals surface area contributed by atoms with Crippen molar-refractivity contribution in [2.45, 2.75) is 13.8 Å². The van der Waals surface area contributed by atoms with Crippen LogP contribution in [-0.4, -0.2) is 15.9 Å². The van der Waals surface area contributed by atoms with E-state index in [4.69, 9.17) is 0 Å². The van der Waals surface area contributed by atoms with Crippen molar-refractivity contribution in [1.82, 2.24) is 9.97 Å². The Morgan fingerprint density at radius 1 is 1.29 bits per heavy atom. The Balaban J connectivity index is 2.18. The van der Waals surface area contributed by atoms with Crippen molar-refractivity contribution in [3.63, 3.8) is 0 Å². The highest BCUT2D eigenvalue weighted by molar-refractivity contribution is 14.1. The first-order chi connectivity index (χ1) is 8.04. The molecule has 0 aliphatic rings. The van der Waals surface area contributed by atoms with Gasteiger partial charge in [0.15, 0.2) is 0 Å². The van der Waals surface area contributed by atoms with Gasteiger partial charge in [-0.1, -0.05) is 0 Å². The van der Waals surface area contributed by atoms with Gasteiger partial charge in [0, 0.05) is 16.8 Å². The molecule has 1 N–H and O–H groups in total. The average Bonchev–Trinajstić information content (AvgIpc) is 2.63. The van der Waals surface area contributed by atoms with E-state index in [-0.39, 0.29) is 5.91 Å². The average molecular weight is 359 g/mol. The number of anilines is 1. The topological polar surface area (TPSA) is 54.9 Å². The van der Waals surface area contributed by atoms with Crippen LogP contribution < -0.4 is 5.32 Å². The molecule has 17 heavy (non-hydrogen) atoms. The number of carbonyl (C=O) groups is 1. The van der Waals surface area contributed by atoms with Gasteiger partial charge in [-0.2, -0.15) is 0 Å². The maximum atomic E-state index is 11.9. The smallest absolute Gasteiger partial charge is 0.258 e. The Bertz CT molecular complexity index is 547. The maximum absolute atomic E-state index is 11.9. The van der Waals surface area contributed by atoms with Gasteiger partial charge in [-0.15, -0.1) is 11.3 Å². The van der Waals surface area contributed by atoms with Crippen LogP contribution in [0.3, 0.4) is 0 Å². The largest absolute Gasteiger partial charge is 0.290 e. The Hall–Kier alpha value is -1.02. The van der Waals surface area contributed by atoms with Gasteiger partial charge in [-0.3, -0.25) is 10.1 Å². The van der Waals surface area contributed by atoms with E-state index >= 15 is 0 Å². The summed E-state index contributed by atoms with van der Waals surface area (Å²) in [5.74, 6) is 0.183. The number of hydrogen-bond donors (Lipinski definition) is 1. The zero-order chi connectivity index (χ0) is 12.4. The van der Waals surface area contributed by atoms with Gasteiger partial charge >= 0.3 is 0 Å². The lowest BCUT2D eigenvalue weighted by atomic mass is 10.3. The molecule has 2 aromatic rings. The molecule has 0 saturated heterocycles. The van der Waals surface area contributed by atoms with E-state index in [2.05, 4.69) is 37.9 Å². The minimum atomic E-state index is -0.172. The van der Waals surface area contributed by atoms with Crippen LogP contribution in [0.15, 0.2) is 17.5 Å². The first-order valence-corrected chi connectivity index (χ1v) is 6.88. The second-order valence-electron chi connectivity index (χ2n) is 3.57. The number of amides is 1. The molecule has 88 valence electrons. The van der Waals surface area contributed by atoms with Gasteiger partial charge in [-0.25, -0.2) is 9.97 Å². The Kier molecular flexibility index (Phi) is 3.72. The van der Waals surface area contributed by atoms with Crippen LogP contribution in [0, 0.1) is 16.7 Å². The highest BCUT2D eigenvalue weighted by Gasteiger charge is 2.10. The van der Waals surface area contributed by atoms with Gasteiger partial charge < -0.3 is 0 Å². The lowest BCUT2D eigenvalue weighted by molar-refractivity contribution is 0.102. The van der Waals surface area contributed by atoms with Crippen molar-refractivity contribution < 1.29 is 4.79 Å². The number of nitrogens with one attached hydrogen (secondary N) is 1. The molecule has 0 fully saturated rings. The summed E-state index contributed by atoms with van der Waals surface area (Å²) in [5, 5.41) is 4.51. The zero-order valence-corrected chi connectivity index (χ0v) is 12.3. The predicted octanol–water partition coefficient (Wildman–Crippen LogP) is 3.01. The number of halogens is 1. The molecule has 6 heteroatoms. The Morgan fingerprint density at radius 2 is 1.94 bits per heavy atom. The molecule has 2 aromatic heterocycles. The summed E-state index contributed by atoms with van der Waals surface area (Å²) in [6.45, 7) is 3.75. The minimum Gasteiger partial charge on any atom is -0.290 e. The zero-order valence-electron chi connectivity index (χ0n) is 9.32. The van der Waals surface area contributed by atoms with Crippen molar-refractivity contribution in [2.24, 2.45) is 0 Å². The van der Waals surface area contributed by atoms with E-state index < -0.39 is 0 Å². The molecule has 0 aliphatic carbocycles. The Morgan fingerprint density at radius 3 is 2.47 bits per heavy atom. The highest BCUT2D eigenvalue weighted by atomic mass is 127. The fraction of sp³-hybridized carbons (Fsp3) is 0.182.